The van der Waals surface area contributed by atoms with Gasteiger partial charge in [-0.2, -0.15) is 5.10 Å². The Kier molecular flexibility index (Phi) is 3.43. The van der Waals surface area contributed by atoms with Gasteiger partial charge < -0.3 is 5.32 Å². The Hall–Kier alpha value is -2.63. The molecule has 0 radical (unpaired) electrons. The lowest BCUT2D eigenvalue weighted by Gasteiger charge is -2.08. The molecule has 0 saturated heterocycles. The van der Waals surface area contributed by atoms with Crippen LogP contribution in [0.3, 0.4) is 0 Å². The van der Waals surface area contributed by atoms with Crippen LogP contribution in [0.25, 0.3) is 5.82 Å². The molecule has 3 aromatic heterocycles. The zero-order chi connectivity index (χ0) is 14.8. The molecule has 21 heavy (non-hydrogen) atoms. The highest BCUT2D eigenvalue weighted by Gasteiger charge is 2.08. The van der Waals surface area contributed by atoms with Crippen LogP contribution >= 0.6 is 0 Å². The van der Waals surface area contributed by atoms with Crippen molar-refractivity contribution in [1.82, 2.24) is 24.3 Å². The second-order valence-electron chi connectivity index (χ2n) is 5.00. The van der Waals surface area contributed by atoms with Gasteiger partial charge in [-0.1, -0.05) is 0 Å². The largest absolute Gasteiger partial charge is 0.380 e. The molecule has 0 fully saturated rings. The number of imidazole rings is 1. The smallest absolute Gasteiger partial charge is 0.137 e. The number of pyridine rings is 1. The lowest BCUT2D eigenvalue weighted by Crippen LogP contribution is -2.03. The zero-order valence-electron chi connectivity index (χ0n) is 12.4. The van der Waals surface area contributed by atoms with E-state index in [9.17, 15) is 0 Å². The van der Waals surface area contributed by atoms with E-state index in [1.165, 1.54) is 11.3 Å². The number of nitrogens with one attached hydrogen (secondary N) is 1. The van der Waals surface area contributed by atoms with Gasteiger partial charge >= 0.3 is 0 Å². The Morgan fingerprint density at radius 2 is 2.10 bits per heavy atom. The van der Waals surface area contributed by atoms with Crippen LogP contribution in [-0.4, -0.2) is 24.3 Å². The Balaban J connectivity index is 1.71. The molecular weight excluding hydrogens is 264 g/mol. The lowest BCUT2D eigenvalue weighted by atomic mass is 10.2. The number of rotatable bonds is 4. The van der Waals surface area contributed by atoms with Crippen molar-refractivity contribution in [1.29, 1.82) is 0 Å². The van der Waals surface area contributed by atoms with Crippen LogP contribution in [0.1, 0.15) is 17.0 Å². The third-order valence-corrected chi connectivity index (χ3v) is 3.64. The Morgan fingerprint density at radius 3 is 2.67 bits per heavy atom. The molecule has 0 aliphatic carbocycles. The van der Waals surface area contributed by atoms with E-state index in [-0.39, 0.29) is 0 Å². The van der Waals surface area contributed by atoms with Crippen molar-refractivity contribution in [2.75, 3.05) is 5.32 Å². The van der Waals surface area contributed by atoms with Crippen LogP contribution in [0.15, 0.2) is 37.1 Å². The molecule has 6 heteroatoms. The molecule has 0 bridgehead atoms. The molecule has 0 aliphatic heterocycles. The molecule has 0 atom stereocenters. The Morgan fingerprint density at radius 1 is 1.24 bits per heavy atom. The van der Waals surface area contributed by atoms with E-state index in [4.69, 9.17) is 0 Å². The van der Waals surface area contributed by atoms with Gasteiger partial charge in [0.2, 0.25) is 0 Å². The molecule has 0 amide bonds. The molecule has 3 heterocycles. The number of anilines is 1. The number of aryl methyl sites for hydroxylation is 2. The summed E-state index contributed by atoms with van der Waals surface area (Å²) < 4.78 is 3.78. The first kappa shape index (κ1) is 13.4. The molecule has 3 aromatic rings. The number of aromatic nitrogens is 5. The predicted octanol–water partition coefficient (Wildman–Crippen LogP) is 2.23. The minimum absolute atomic E-state index is 0.748. The van der Waals surface area contributed by atoms with Gasteiger partial charge in [-0.25, -0.2) is 9.97 Å². The van der Waals surface area contributed by atoms with Crippen molar-refractivity contribution >= 4 is 5.69 Å². The van der Waals surface area contributed by atoms with Crippen LogP contribution in [0.5, 0.6) is 0 Å². The van der Waals surface area contributed by atoms with Crippen molar-refractivity contribution in [2.45, 2.75) is 20.4 Å². The van der Waals surface area contributed by atoms with Crippen molar-refractivity contribution < 1.29 is 0 Å². The zero-order valence-corrected chi connectivity index (χ0v) is 12.4. The maximum absolute atomic E-state index is 4.42. The molecule has 0 aliphatic rings. The Bertz CT molecular complexity index is 724. The summed E-state index contributed by atoms with van der Waals surface area (Å²) in [7, 11) is 1.97. The molecule has 0 aromatic carbocycles. The van der Waals surface area contributed by atoms with Crippen molar-refractivity contribution in [3.8, 4) is 5.82 Å². The van der Waals surface area contributed by atoms with E-state index in [1.54, 1.807) is 12.5 Å². The first-order valence-corrected chi connectivity index (χ1v) is 6.82. The first-order valence-electron chi connectivity index (χ1n) is 6.82. The molecule has 0 unspecified atom stereocenters. The van der Waals surface area contributed by atoms with E-state index in [0.29, 0.717) is 0 Å². The summed E-state index contributed by atoms with van der Waals surface area (Å²) >= 11 is 0. The van der Waals surface area contributed by atoms with E-state index in [2.05, 4.69) is 27.3 Å². The highest BCUT2D eigenvalue weighted by molar-refractivity contribution is 5.44. The van der Waals surface area contributed by atoms with Gasteiger partial charge in [-0.05, 0) is 26.0 Å². The third kappa shape index (κ3) is 2.65. The fourth-order valence-electron chi connectivity index (χ4n) is 2.30. The fraction of sp³-hybridized carbons (Fsp3) is 0.267. The summed E-state index contributed by atoms with van der Waals surface area (Å²) in [4.78, 5) is 8.44. The van der Waals surface area contributed by atoms with Crippen molar-refractivity contribution in [2.24, 2.45) is 7.05 Å². The fourth-order valence-corrected chi connectivity index (χ4v) is 2.30. The van der Waals surface area contributed by atoms with Crippen LogP contribution in [0.2, 0.25) is 0 Å². The van der Waals surface area contributed by atoms with Crippen LogP contribution in [-0.2, 0) is 13.6 Å². The summed E-state index contributed by atoms with van der Waals surface area (Å²) in [5.74, 6) is 0.854. The summed E-state index contributed by atoms with van der Waals surface area (Å²) in [6.07, 6.45) is 7.17. The number of hydrogen-bond acceptors (Lipinski definition) is 4. The number of hydrogen-bond donors (Lipinski definition) is 1. The van der Waals surface area contributed by atoms with Crippen molar-refractivity contribution in [3.63, 3.8) is 0 Å². The normalized spacial score (nSPS) is 10.8. The summed E-state index contributed by atoms with van der Waals surface area (Å²) in [5.41, 5.74) is 4.46. The minimum Gasteiger partial charge on any atom is -0.380 e. The molecule has 0 saturated carbocycles. The molecule has 1 N–H and O–H groups in total. The standard InChI is InChI=1S/C15H18N6/c1-11-14(12(2)20(3)19-11)9-17-13-4-5-15(18-8-13)21-7-6-16-10-21/h4-8,10,17H,9H2,1-3H3. The van der Waals surface area contributed by atoms with Gasteiger partial charge in [0, 0.05) is 37.2 Å². The second-order valence-corrected chi connectivity index (χ2v) is 5.00. The van der Waals surface area contributed by atoms with E-state index < -0.39 is 0 Å². The third-order valence-electron chi connectivity index (χ3n) is 3.64. The quantitative estimate of drug-likeness (QED) is 0.797. The highest BCUT2D eigenvalue weighted by Crippen LogP contribution is 2.15. The van der Waals surface area contributed by atoms with Gasteiger partial charge in [0.05, 0.1) is 17.6 Å². The van der Waals surface area contributed by atoms with Crippen LogP contribution in [0.4, 0.5) is 5.69 Å². The lowest BCUT2D eigenvalue weighted by molar-refractivity contribution is 0.730. The molecule has 3 rings (SSSR count). The van der Waals surface area contributed by atoms with Gasteiger partial charge in [-0.15, -0.1) is 0 Å². The van der Waals surface area contributed by atoms with Gasteiger partial charge in [0.25, 0.3) is 0 Å². The molecular formula is C15H18N6. The maximum Gasteiger partial charge on any atom is 0.137 e. The Labute approximate surface area is 123 Å². The average molecular weight is 282 g/mol. The molecule has 108 valence electrons. The summed E-state index contributed by atoms with van der Waals surface area (Å²) in [6, 6.07) is 3.98. The monoisotopic (exact) mass is 282 g/mol. The maximum atomic E-state index is 4.42. The number of nitrogens with zero attached hydrogens (tertiary/aromatic N) is 5. The predicted molar refractivity (Wildman–Crippen MR) is 81.4 cm³/mol. The van der Waals surface area contributed by atoms with E-state index in [0.717, 1.165) is 23.7 Å². The SMILES string of the molecule is Cc1nn(C)c(C)c1CNc1ccc(-n2ccnc2)nc1. The van der Waals surface area contributed by atoms with Gasteiger partial charge in [0.15, 0.2) is 0 Å². The minimum atomic E-state index is 0.748. The van der Waals surface area contributed by atoms with Crippen LogP contribution in [0, 0.1) is 13.8 Å². The average Bonchev–Trinajstić information content (AvgIpc) is 3.09. The van der Waals surface area contributed by atoms with E-state index in [1.807, 2.05) is 47.7 Å². The molecule has 0 spiro atoms. The van der Waals surface area contributed by atoms with Gasteiger partial charge in [0.1, 0.15) is 12.1 Å². The first-order chi connectivity index (χ1) is 10.1. The summed E-state index contributed by atoms with van der Waals surface area (Å²) in [6.45, 7) is 4.86. The second kappa shape index (κ2) is 5.40. The van der Waals surface area contributed by atoms with Crippen molar-refractivity contribution in [3.05, 3.63) is 54.0 Å². The van der Waals surface area contributed by atoms with E-state index >= 15 is 0 Å². The summed E-state index contributed by atoms with van der Waals surface area (Å²) in [5, 5.41) is 7.81. The topological polar surface area (TPSA) is 60.6 Å². The van der Waals surface area contributed by atoms with Gasteiger partial charge in [-0.3, -0.25) is 9.25 Å². The molecule has 6 nitrogen and oxygen atoms in total. The van der Waals surface area contributed by atoms with Crippen LogP contribution < -0.4 is 5.32 Å². The highest BCUT2D eigenvalue weighted by atomic mass is 15.3.